The maximum absolute atomic E-state index is 12.8. The van der Waals surface area contributed by atoms with E-state index in [9.17, 15) is 19.5 Å². The molecule has 0 radical (unpaired) electrons. The Morgan fingerprint density at radius 1 is 0.468 bits per heavy atom. The molecule has 0 amide bonds. The topological polar surface area (TPSA) is 102 Å². The van der Waals surface area contributed by atoms with Gasteiger partial charge in [-0.2, -0.15) is 0 Å². The van der Waals surface area contributed by atoms with Gasteiger partial charge in [0.15, 0.2) is 6.10 Å². The van der Waals surface area contributed by atoms with E-state index in [1.807, 2.05) is 21.1 Å². The van der Waals surface area contributed by atoms with Crippen LogP contribution in [-0.2, 0) is 28.6 Å². The van der Waals surface area contributed by atoms with Crippen LogP contribution >= 0.6 is 0 Å². The number of quaternary nitrogens is 1. The molecule has 0 bridgehead atoms. The third-order valence-electron chi connectivity index (χ3n) is 12.4. The van der Waals surface area contributed by atoms with Crippen molar-refractivity contribution in [2.45, 2.75) is 276 Å². The maximum Gasteiger partial charge on any atom is 0.306 e. The van der Waals surface area contributed by atoms with Gasteiger partial charge < -0.3 is 28.6 Å². The Bertz CT molecular complexity index is 1020. The Morgan fingerprint density at radius 2 is 0.806 bits per heavy atom. The Kier molecular flexibility index (Phi) is 44.2. The fourth-order valence-corrected chi connectivity index (χ4v) is 8.25. The zero-order chi connectivity index (χ0) is 45.6. The van der Waals surface area contributed by atoms with E-state index in [1.165, 1.54) is 186 Å². The summed E-state index contributed by atoms with van der Waals surface area (Å²) in [6.45, 7) is 4.71. The minimum atomic E-state index is -1.12. The van der Waals surface area contributed by atoms with Gasteiger partial charge in [0.25, 0.3) is 0 Å². The maximum atomic E-state index is 12.8. The van der Waals surface area contributed by atoms with Gasteiger partial charge in [-0.05, 0) is 38.5 Å². The molecule has 0 saturated heterocycles. The fraction of sp³-hybridized carbons (Fsp3) is 0.907. The van der Waals surface area contributed by atoms with Gasteiger partial charge in [-0.3, -0.25) is 9.59 Å². The SMILES string of the molecule is CCCCCCCCCCC/C=C/CCCCCCCC(=O)OCC(COCCC(C(=O)[O-])[N+](C)(C)C)OC(=O)CCCCCCCCCCCCCCCCCCCCCC. The number of allylic oxidation sites excluding steroid dienone is 2. The number of carbonyl (C=O) groups excluding carboxylic acids is 3. The van der Waals surface area contributed by atoms with Crippen LogP contribution in [0.2, 0.25) is 0 Å². The average Bonchev–Trinajstić information content (AvgIpc) is 3.23. The summed E-state index contributed by atoms with van der Waals surface area (Å²) in [5.41, 5.74) is 0. The third kappa shape index (κ3) is 43.3. The van der Waals surface area contributed by atoms with Crippen LogP contribution in [0, 0.1) is 0 Å². The Hall–Kier alpha value is -1.93. The van der Waals surface area contributed by atoms with E-state index in [2.05, 4.69) is 26.0 Å². The highest BCUT2D eigenvalue weighted by molar-refractivity contribution is 5.70. The molecule has 0 aliphatic rings. The van der Waals surface area contributed by atoms with Crippen LogP contribution < -0.4 is 5.11 Å². The zero-order valence-electron chi connectivity index (χ0n) is 41.8. The van der Waals surface area contributed by atoms with Crippen molar-refractivity contribution in [1.29, 1.82) is 0 Å². The van der Waals surface area contributed by atoms with Crippen molar-refractivity contribution in [1.82, 2.24) is 0 Å². The molecule has 0 saturated carbocycles. The van der Waals surface area contributed by atoms with Crippen LogP contribution in [-0.4, -0.2) is 75.5 Å². The lowest BCUT2D eigenvalue weighted by Gasteiger charge is -2.34. The number of carboxylic acid groups (broad SMARTS) is 1. The first-order valence-electron chi connectivity index (χ1n) is 26.7. The van der Waals surface area contributed by atoms with E-state index in [1.54, 1.807) is 0 Å². The number of carbonyl (C=O) groups is 3. The zero-order valence-corrected chi connectivity index (χ0v) is 41.8. The molecule has 0 fully saturated rings. The average molecular weight is 878 g/mol. The predicted octanol–water partition coefficient (Wildman–Crippen LogP) is 14.1. The van der Waals surface area contributed by atoms with Gasteiger partial charge in [0.05, 0.1) is 40.3 Å². The minimum absolute atomic E-state index is 0.0445. The number of hydrogen-bond donors (Lipinski definition) is 0. The summed E-state index contributed by atoms with van der Waals surface area (Å²) >= 11 is 0. The van der Waals surface area contributed by atoms with Gasteiger partial charge in [0.2, 0.25) is 0 Å². The number of likely N-dealkylation sites (N-methyl/N-ethyl adjacent to an activating group) is 1. The minimum Gasteiger partial charge on any atom is -0.544 e. The van der Waals surface area contributed by atoms with Gasteiger partial charge in [-0.25, -0.2) is 0 Å². The van der Waals surface area contributed by atoms with Crippen molar-refractivity contribution in [3.63, 3.8) is 0 Å². The summed E-state index contributed by atoms with van der Waals surface area (Å²) in [6, 6.07) is -0.723. The molecule has 0 aromatic carbocycles. The standard InChI is InChI=1S/C54H103NO7/c1-6-8-10-12-14-16-18-20-22-24-26-27-29-31-33-35-37-39-41-43-45-53(57)62-50(48-60-47-46-51(54(58)59)55(3,4)5)49-61-52(56)44-42-40-38-36-34-32-30-28-25-23-21-19-17-15-13-11-9-7-2/h28,30,50-51H,6-27,29,31-49H2,1-5H3/b30-28+. The Morgan fingerprint density at radius 3 is 1.16 bits per heavy atom. The first-order valence-corrected chi connectivity index (χ1v) is 26.7. The van der Waals surface area contributed by atoms with Gasteiger partial charge in [0, 0.05) is 19.3 Å². The van der Waals surface area contributed by atoms with E-state index >= 15 is 0 Å². The molecule has 0 aromatic rings. The van der Waals surface area contributed by atoms with Gasteiger partial charge in [-0.15, -0.1) is 0 Å². The third-order valence-corrected chi connectivity index (χ3v) is 12.4. The van der Waals surface area contributed by atoms with E-state index in [0.717, 1.165) is 44.9 Å². The predicted molar refractivity (Wildman–Crippen MR) is 259 cm³/mol. The van der Waals surface area contributed by atoms with Crippen molar-refractivity contribution in [2.24, 2.45) is 0 Å². The van der Waals surface area contributed by atoms with Gasteiger partial charge >= 0.3 is 11.9 Å². The largest absolute Gasteiger partial charge is 0.544 e. The molecule has 2 unspecified atom stereocenters. The molecule has 0 heterocycles. The molecule has 8 nitrogen and oxygen atoms in total. The number of aliphatic carboxylic acids is 1. The van der Waals surface area contributed by atoms with E-state index in [-0.39, 0.29) is 42.7 Å². The second-order valence-corrected chi connectivity index (χ2v) is 19.5. The highest BCUT2D eigenvalue weighted by Gasteiger charge is 2.25. The smallest absolute Gasteiger partial charge is 0.306 e. The number of ether oxygens (including phenoxy) is 3. The second kappa shape index (κ2) is 45.6. The van der Waals surface area contributed by atoms with Crippen LogP contribution in [0.25, 0.3) is 0 Å². The van der Waals surface area contributed by atoms with Crippen molar-refractivity contribution in [3.8, 4) is 0 Å². The highest BCUT2D eigenvalue weighted by Crippen LogP contribution is 2.17. The molecule has 62 heavy (non-hydrogen) atoms. The van der Waals surface area contributed by atoms with Crippen molar-refractivity contribution < 1.29 is 38.2 Å². The lowest BCUT2D eigenvalue weighted by molar-refractivity contribution is -0.889. The van der Waals surface area contributed by atoms with Crippen molar-refractivity contribution in [3.05, 3.63) is 12.2 Å². The summed E-state index contributed by atoms with van der Waals surface area (Å²) in [4.78, 5) is 37.1. The molecule has 0 rings (SSSR count). The van der Waals surface area contributed by atoms with Gasteiger partial charge in [-0.1, -0.05) is 219 Å². The van der Waals surface area contributed by atoms with Crippen LogP contribution in [0.3, 0.4) is 0 Å². The van der Waals surface area contributed by atoms with E-state index in [0.29, 0.717) is 12.8 Å². The molecule has 366 valence electrons. The number of unbranched alkanes of at least 4 members (excludes halogenated alkanes) is 33. The lowest BCUT2D eigenvalue weighted by atomic mass is 10.0. The lowest BCUT2D eigenvalue weighted by Crippen LogP contribution is -2.55. The molecule has 0 aromatic heterocycles. The molecule has 0 aliphatic heterocycles. The number of esters is 2. The molecule has 2 atom stereocenters. The summed E-state index contributed by atoms with van der Waals surface area (Å²) in [7, 11) is 5.43. The van der Waals surface area contributed by atoms with Crippen LogP contribution in [0.5, 0.6) is 0 Å². The highest BCUT2D eigenvalue weighted by atomic mass is 16.6. The number of rotatable bonds is 49. The molecule has 0 aliphatic carbocycles. The summed E-state index contributed by atoms with van der Waals surface area (Å²) < 4.78 is 17.3. The fourth-order valence-electron chi connectivity index (χ4n) is 8.25. The van der Waals surface area contributed by atoms with Crippen molar-refractivity contribution >= 4 is 17.9 Å². The monoisotopic (exact) mass is 878 g/mol. The molecule has 0 N–H and O–H groups in total. The van der Waals surface area contributed by atoms with Crippen LogP contribution in [0.4, 0.5) is 0 Å². The summed E-state index contributed by atoms with van der Waals surface area (Å²) in [5, 5.41) is 11.7. The number of carboxylic acids is 1. The summed E-state index contributed by atoms with van der Waals surface area (Å²) in [5.74, 6) is -1.72. The van der Waals surface area contributed by atoms with Gasteiger partial charge in [0.1, 0.15) is 12.6 Å². The summed E-state index contributed by atoms with van der Waals surface area (Å²) in [6.07, 6.45) is 51.0. The van der Waals surface area contributed by atoms with Crippen molar-refractivity contribution in [2.75, 3.05) is 41.0 Å². The second-order valence-electron chi connectivity index (χ2n) is 19.5. The van der Waals surface area contributed by atoms with Crippen LogP contribution in [0.1, 0.15) is 264 Å². The Balaban J connectivity index is 4.19. The molecular formula is C54H103NO7. The normalized spacial score (nSPS) is 12.9. The van der Waals surface area contributed by atoms with Crippen LogP contribution in [0.15, 0.2) is 12.2 Å². The first-order chi connectivity index (χ1) is 30.1. The number of nitrogens with zero attached hydrogens (tertiary/aromatic N) is 1. The molecule has 8 heteroatoms. The molecular weight excluding hydrogens is 775 g/mol. The quantitative estimate of drug-likeness (QED) is 0.0260. The van der Waals surface area contributed by atoms with E-state index in [4.69, 9.17) is 14.2 Å². The Labute approximate surface area is 384 Å². The van der Waals surface area contributed by atoms with E-state index < -0.39 is 18.1 Å². The first kappa shape index (κ1) is 60.1. The molecule has 0 spiro atoms. The number of hydrogen-bond acceptors (Lipinski definition) is 7.